The summed E-state index contributed by atoms with van der Waals surface area (Å²) >= 11 is 10.3. The van der Waals surface area contributed by atoms with Crippen molar-refractivity contribution in [3.8, 4) is 0 Å². The van der Waals surface area contributed by atoms with Gasteiger partial charge in [-0.25, -0.2) is 8.78 Å². The zero-order chi connectivity index (χ0) is 12.6. The molecule has 1 unspecified atom stereocenters. The van der Waals surface area contributed by atoms with Crippen LogP contribution in [0.15, 0.2) is 28.1 Å². The molecule has 0 aliphatic heterocycles. The largest absolute Gasteiger partial charge is 0.383 e. The monoisotopic (exact) mass is 338 g/mol. The number of hydrogen-bond donors (Lipinski definition) is 1. The molecule has 0 radical (unpaired) electrons. The molecule has 0 fully saturated rings. The van der Waals surface area contributed by atoms with Crippen LogP contribution in [0.1, 0.15) is 16.5 Å². The molecular weight excluding hydrogens is 334 g/mol. The molecule has 6 heteroatoms. The van der Waals surface area contributed by atoms with Gasteiger partial charge in [-0.05, 0) is 39.7 Å². The van der Waals surface area contributed by atoms with Gasteiger partial charge < -0.3 is 5.11 Å². The van der Waals surface area contributed by atoms with Crippen molar-refractivity contribution >= 4 is 38.9 Å². The topological polar surface area (TPSA) is 20.2 Å². The molecule has 2 rings (SSSR count). The zero-order valence-corrected chi connectivity index (χ0v) is 11.4. The number of aliphatic hydroxyl groups excluding tert-OH is 1. The minimum Gasteiger partial charge on any atom is -0.383 e. The minimum atomic E-state index is -1.09. The van der Waals surface area contributed by atoms with Gasteiger partial charge in [-0.3, -0.25) is 0 Å². The summed E-state index contributed by atoms with van der Waals surface area (Å²) < 4.78 is 26.7. The lowest BCUT2D eigenvalue weighted by molar-refractivity contribution is 0.223. The first kappa shape index (κ1) is 13.0. The second-order valence-corrected chi connectivity index (χ2v) is 6.18. The van der Waals surface area contributed by atoms with E-state index in [4.69, 9.17) is 11.6 Å². The number of thiophene rings is 1. The van der Waals surface area contributed by atoms with Crippen LogP contribution in [0.4, 0.5) is 8.78 Å². The molecule has 0 saturated carbocycles. The van der Waals surface area contributed by atoms with E-state index < -0.39 is 17.7 Å². The molecule has 2 aromatic rings. The molecule has 1 atom stereocenters. The Bertz CT molecular complexity index is 519. The highest BCUT2D eigenvalue weighted by Gasteiger charge is 2.16. The van der Waals surface area contributed by atoms with E-state index in [9.17, 15) is 13.9 Å². The van der Waals surface area contributed by atoms with E-state index in [1.807, 2.05) is 0 Å². The number of hydrogen-bond acceptors (Lipinski definition) is 2. The van der Waals surface area contributed by atoms with Crippen molar-refractivity contribution in [1.29, 1.82) is 0 Å². The first-order valence-electron chi connectivity index (χ1n) is 4.56. The highest BCUT2D eigenvalue weighted by atomic mass is 79.9. The molecule has 17 heavy (non-hydrogen) atoms. The van der Waals surface area contributed by atoms with Crippen molar-refractivity contribution in [2.75, 3.05) is 0 Å². The van der Waals surface area contributed by atoms with Gasteiger partial charge in [0.1, 0.15) is 17.7 Å². The molecule has 1 heterocycles. The van der Waals surface area contributed by atoms with Crippen molar-refractivity contribution in [1.82, 2.24) is 0 Å². The third-order valence-corrected chi connectivity index (χ3v) is 4.66. The van der Waals surface area contributed by atoms with Gasteiger partial charge >= 0.3 is 0 Å². The van der Waals surface area contributed by atoms with E-state index in [1.54, 1.807) is 6.07 Å². The normalized spacial score (nSPS) is 12.8. The SMILES string of the molecule is OC(c1cc(F)cc(F)c1)c1cc(Cl)c(Br)s1. The molecule has 90 valence electrons. The van der Waals surface area contributed by atoms with Gasteiger partial charge in [0.2, 0.25) is 0 Å². The molecule has 0 bridgehead atoms. The van der Waals surface area contributed by atoms with Crippen LogP contribution in [0.3, 0.4) is 0 Å². The zero-order valence-electron chi connectivity index (χ0n) is 8.25. The summed E-state index contributed by atoms with van der Waals surface area (Å²) in [5.41, 5.74) is 0.160. The Balaban J connectivity index is 2.39. The van der Waals surface area contributed by atoms with Crippen LogP contribution in [0.25, 0.3) is 0 Å². The lowest BCUT2D eigenvalue weighted by atomic mass is 10.1. The Morgan fingerprint density at radius 2 is 1.76 bits per heavy atom. The quantitative estimate of drug-likeness (QED) is 0.852. The number of benzene rings is 1. The fourth-order valence-corrected chi connectivity index (χ4v) is 3.16. The molecule has 0 amide bonds. The molecule has 1 aromatic heterocycles. The molecule has 0 aliphatic carbocycles. The van der Waals surface area contributed by atoms with Gasteiger partial charge in [-0.1, -0.05) is 11.6 Å². The fraction of sp³-hybridized carbons (Fsp3) is 0.0909. The Kier molecular flexibility index (Phi) is 3.82. The molecule has 1 N–H and O–H groups in total. The maximum absolute atomic E-state index is 13.0. The van der Waals surface area contributed by atoms with Gasteiger partial charge in [0.05, 0.1) is 8.81 Å². The molecule has 1 nitrogen and oxygen atoms in total. The van der Waals surface area contributed by atoms with Gasteiger partial charge in [0, 0.05) is 10.9 Å². The summed E-state index contributed by atoms with van der Waals surface area (Å²) in [4.78, 5) is 0.520. The maximum Gasteiger partial charge on any atom is 0.126 e. The van der Waals surface area contributed by atoms with E-state index in [1.165, 1.54) is 11.3 Å². The van der Waals surface area contributed by atoms with Gasteiger partial charge in [0.15, 0.2) is 0 Å². The van der Waals surface area contributed by atoms with Crippen LogP contribution in [0.5, 0.6) is 0 Å². The maximum atomic E-state index is 13.0. The average Bonchev–Trinajstić information content (AvgIpc) is 2.57. The van der Waals surface area contributed by atoms with Crippen molar-refractivity contribution in [3.63, 3.8) is 0 Å². The first-order chi connectivity index (χ1) is 7.97. The van der Waals surface area contributed by atoms with Gasteiger partial charge in [0.25, 0.3) is 0 Å². The van der Waals surface area contributed by atoms with Crippen LogP contribution < -0.4 is 0 Å². The third kappa shape index (κ3) is 2.85. The summed E-state index contributed by atoms with van der Waals surface area (Å²) in [5.74, 6) is -1.44. The highest BCUT2D eigenvalue weighted by Crippen LogP contribution is 2.37. The Morgan fingerprint density at radius 3 is 2.24 bits per heavy atom. The molecule has 1 aromatic carbocycles. The van der Waals surface area contributed by atoms with Crippen LogP contribution in [-0.4, -0.2) is 5.11 Å². The lowest BCUT2D eigenvalue weighted by Gasteiger charge is -2.08. The summed E-state index contributed by atoms with van der Waals surface area (Å²) in [6.45, 7) is 0. The summed E-state index contributed by atoms with van der Waals surface area (Å²) in [7, 11) is 0. The van der Waals surface area contributed by atoms with Gasteiger partial charge in [-0.2, -0.15) is 0 Å². The standard InChI is InChI=1S/C11H6BrClF2OS/c12-11-8(13)4-9(17-11)10(16)5-1-6(14)3-7(15)2-5/h1-4,10,16H. The Morgan fingerprint density at radius 1 is 1.18 bits per heavy atom. The molecule has 0 aliphatic rings. The van der Waals surface area contributed by atoms with Crippen molar-refractivity contribution < 1.29 is 13.9 Å². The molecular formula is C11H6BrClF2OS. The van der Waals surface area contributed by atoms with Crippen LogP contribution in [0, 0.1) is 11.6 Å². The predicted molar refractivity (Wildman–Crippen MR) is 67.4 cm³/mol. The van der Waals surface area contributed by atoms with Crippen LogP contribution in [0.2, 0.25) is 5.02 Å². The van der Waals surface area contributed by atoms with Gasteiger partial charge in [-0.15, -0.1) is 11.3 Å². The Hall–Kier alpha value is -0.490. The van der Waals surface area contributed by atoms with Crippen molar-refractivity contribution in [3.05, 3.63) is 55.1 Å². The van der Waals surface area contributed by atoms with Crippen molar-refractivity contribution in [2.24, 2.45) is 0 Å². The van der Waals surface area contributed by atoms with Crippen molar-refractivity contribution in [2.45, 2.75) is 6.10 Å². The number of halogens is 4. The minimum absolute atomic E-state index is 0.160. The van der Waals surface area contributed by atoms with E-state index in [2.05, 4.69) is 15.9 Å². The summed E-state index contributed by atoms with van der Waals surface area (Å²) in [6, 6.07) is 4.50. The second kappa shape index (κ2) is 5.02. The van der Waals surface area contributed by atoms with E-state index in [0.717, 1.165) is 18.2 Å². The number of aliphatic hydroxyl groups is 1. The smallest absolute Gasteiger partial charge is 0.126 e. The van der Waals surface area contributed by atoms with Crippen LogP contribution in [-0.2, 0) is 0 Å². The van der Waals surface area contributed by atoms with Crippen LogP contribution >= 0.6 is 38.9 Å². The molecule has 0 saturated heterocycles. The average molecular weight is 340 g/mol. The first-order valence-corrected chi connectivity index (χ1v) is 6.55. The third-order valence-electron chi connectivity index (χ3n) is 2.13. The van der Waals surface area contributed by atoms with E-state index in [0.29, 0.717) is 13.7 Å². The van der Waals surface area contributed by atoms with E-state index in [-0.39, 0.29) is 5.56 Å². The summed E-state index contributed by atoms with van der Waals surface area (Å²) in [6.07, 6.45) is -1.09. The fourth-order valence-electron chi connectivity index (χ4n) is 1.40. The predicted octanol–water partition coefficient (Wildman–Crippen LogP) is 4.52. The molecule has 0 spiro atoms. The Labute approximate surface area is 114 Å². The number of rotatable bonds is 2. The van der Waals surface area contributed by atoms with E-state index >= 15 is 0 Å². The second-order valence-electron chi connectivity index (χ2n) is 3.38. The highest BCUT2D eigenvalue weighted by molar-refractivity contribution is 9.11. The summed E-state index contributed by atoms with van der Waals surface area (Å²) in [5, 5.41) is 10.4. The lowest BCUT2D eigenvalue weighted by Crippen LogP contribution is -1.98.